The van der Waals surface area contributed by atoms with Crippen LogP contribution in [0.3, 0.4) is 0 Å². The van der Waals surface area contributed by atoms with Gasteiger partial charge in [0.2, 0.25) is 5.91 Å². The van der Waals surface area contributed by atoms with Crippen molar-refractivity contribution in [3.63, 3.8) is 0 Å². The molecule has 0 fully saturated rings. The van der Waals surface area contributed by atoms with Crippen LogP contribution in [0.1, 0.15) is 42.2 Å². The molecule has 9 heteroatoms. The second kappa shape index (κ2) is 8.50. The van der Waals surface area contributed by atoms with Gasteiger partial charge in [-0.3, -0.25) is 9.59 Å². The number of nitrogens with one attached hydrogen (secondary N) is 1. The van der Waals surface area contributed by atoms with Crippen molar-refractivity contribution in [2.75, 3.05) is 20.3 Å². The Balaban J connectivity index is 2.38. The van der Waals surface area contributed by atoms with Crippen LogP contribution < -0.4 is 5.32 Å². The maximum atomic E-state index is 13.0. The summed E-state index contributed by atoms with van der Waals surface area (Å²) >= 11 is 2.53. The van der Waals surface area contributed by atoms with Crippen molar-refractivity contribution in [2.45, 2.75) is 32.4 Å². The molecule has 2 rings (SSSR count). The number of ether oxygens (including phenoxy) is 1. The molecule has 0 unspecified atom stereocenters. The average Bonchev–Trinajstić information content (AvgIpc) is 3.21. The number of thiophene rings is 1. The third kappa shape index (κ3) is 5.32. The summed E-state index contributed by atoms with van der Waals surface area (Å²) in [6.07, 6.45) is 0. The quantitative estimate of drug-likeness (QED) is 0.795. The van der Waals surface area contributed by atoms with Crippen molar-refractivity contribution >= 4 is 34.7 Å². The first kappa shape index (κ1) is 19.5. The van der Waals surface area contributed by atoms with E-state index in [1.165, 1.54) is 16.2 Å². The summed E-state index contributed by atoms with van der Waals surface area (Å²) in [6, 6.07) is 2.97. The highest BCUT2D eigenvalue weighted by molar-refractivity contribution is 7.10. The lowest BCUT2D eigenvalue weighted by Crippen LogP contribution is -2.49. The van der Waals surface area contributed by atoms with Crippen LogP contribution in [0.2, 0.25) is 0 Å². The van der Waals surface area contributed by atoms with Crippen molar-refractivity contribution in [3.05, 3.63) is 33.5 Å². The minimum absolute atomic E-state index is 0.228. The normalized spacial score (nSPS) is 12.6. The van der Waals surface area contributed by atoms with E-state index < -0.39 is 11.6 Å². The highest BCUT2D eigenvalue weighted by Crippen LogP contribution is 2.27. The molecule has 0 saturated heterocycles. The Morgan fingerprint density at radius 2 is 2.16 bits per heavy atom. The molecule has 0 aliphatic carbocycles. The maximum Gasteiger partial charge on any atom is 0.276 e. The molecule has 25 heavy (non-hydrogen) atoms. The van der Waals surface area contributed by atoms with E-state index in [4.69, 9.17) is 4.74 Å². The van der Waals surface area contributed by atoms with Crippen molar-refractivity contribution in [3.8, 4) is 0 Å². The largest absolute Gasteiger partial charge is 0.383 e. The molecular formula is C16H22N4O3S2. The van der Waals surface area contributed by atoms with Crippen molar-refractivity contribution < 1.29 is 14.3 Å². The van der Waals surface area contributed by atoms with Gasteiger partial charge in [-0.15, -0.1) is 16.4 Å². The first-order chi connectivity index (χ1) is 11.8. The van der Waals surface area contributed by atoms with Crippen LogP contribution in [0.4, 0.5) is 0 Å². The van der Waals surface area contributed by atoms with Crippen LogP contribution in [0.15, 0.2) is 22.9 Å². The summed E-state index contributed by atoms with van der Waals surface area (Å²) in [5.74, 6) is -0.573. The van der Waals surface area contributed by atoms with Gasteiger partial charge in [0, 0.05) is 29.5 Å². The van der Waals surface area contributed by atoms with Crippen LogP contribution >= 0.6 is 22.9 Å². The van der Waals surface area contributed by atoms with E-state index >= 15 is 0 Å². The first-order valence-electron chi connectivity index (χ1n) is 7.76. The summed E-state index contributed by atoms with van der Waals surface area (Å²) in [5, 5.41) is 10.3. The van der Waals surface area contributed by atoms with Gasteiger partial charge in [-0.1, -0.05) is 10.6 Å². The molecule has 2 aromatic rings. The fourth-order valence-electron chi connectivity index (χ4n) is 2.25. The number of hydrogen-bond acceptors (Lipinski definition) is 7. The Labute approximate surface area is 155 Å². The van der Waals surface area contributed by atoms with Crippen molar-refractivity contribution in [2.24, 2.45) is 0 Å². The van der Waals surface area contributed by atoms with Crippen molar-refractivity contribution in [1.29, 1.82) is 0 Å². The molecule has 0 bridgehead atoms. The number of methoxy groups -OCH3 is 1. The van der Waals surface area contributed by atoms with Gasteiger partial charge in [-0.2, -0.15) is 0 Å². The number of aromatic nitrogens is 2. The molecule has 7 nitrogen and oxygen atoms in total. The molecule has 0 saturated carbocycles. The Morgan fingerprint density at radius 3 is 2.68 bits per heavy atom. The van der Waals surface area contributed by atoms with Crippen LogP contribution in [-0.2, 0) is 9.53 Å². The molecule has 136 valence electrons. The maximum absolute atomic E-state index is 13.0. The van der Waals surface area contributed by atoms with Gasteiger partial charge in [-0.25, -0.2) is 0 Å². The van der Waals surface area contributed by atoms with Crippen LogP contribution in [0.5, 0.6) is 0 Å². The zero-order valence-electron chi connectivity index (χ0n) is 14.7. The predicted molar refractivity (Wildman–Crippen MR) is 97.8 cm³/mol. The topological polar surface area (TPSA) is 84.4 Å². The number of nitrogens with zero attached hydrogens (tertiary/aromatic N) is 3. The van der Waals surface area contributed by atoms with Gasteiger partial charge >= 0.3 is 0 Å². The van der Waals surface area contributed by atoms with Crippen molar-refractivity contribution in [1.82, 2.24) is 19.8 Å². The van der Waals surface area contributed by atoms with Gasteiger partial charge in [0.15, 0.2) is 5.69 Å². The van der Waals surface area contributed by atoms with Gasteiger partial charge in [-0.05, 0) is 43.8 Å². The summed E-state index contributed by atoms with van der Waals surface area (Å²) in [6.45, 7) is 6.30. The Morgan fingerprint density at radius 1 is 1.40 bits per heavy atom. The minimum Gasteiger partial charge on any atom is -0.383 e. The molecular weight excluding hydrogens is 360 g/mol. The SMILES string of the molecule is COCCN(C(=O)c1csnn1)[C@@H](C(=O)NC(C)(C)C)c1cccs1. The molecule has 2 amide bonds. The summed E-state index contributed by atoms with van der Waals surface area (Å²) in [7, 11) is 1.56. The lowest BCUT2D eigenvalue weighted by atomic mass is 10.1. The summed E-state index contributed by atoms with van der Waals surface area (Å²) in [5.41, 5.74) is -0.184. The Hall–Kier alpha value is -1.84. The van der Waals surface area contributed by atoms with Crippen LogP contribution in [-0.4, -0.2) is 52.1 Å². The molecule has 0 aliphatic rings. The lowest BCUT2D eigenvalue weighted by molar-refractivity contribution is -0.127. The monoisotopic (exact) mass is 382 g/mol. The smallest absolute Gasteiger partial charge is 0.276 e. The number of carbonyl (C=O) groups excluding carboxylic acids is 2. The second-order valence-electron chi connectivity index (χ2n) is 6.44. The standard InChI is InChI=1S/C16H22N4O3S2/c1-16(2,3)17-14(21)13(12-6-5-9-24-12)20(7-8-23-4)15(22)11-10-25-19-18-11/h5-6,9-10,13H,7-8H2,1-4H3,(H,17,21)/t13-/m1/s1. The Kier molecular flexibility index (Phi) is 6.63. The van der Waals surface area contributed by atoms with E-state index in [1.807, 2.05) is 38.3 Å². The summed E-state index contributed by atoms with van der Waals surface area (Å²) < 4.78 is 8.88. The van der Waals surface area contributed by atoms with E-state index in [9.17, 15) is 9.59 Å². The average molecular weight is 383 g/mol. The fourth-order valence-corrected chi connectivity index (χ4v) is 3.52. The zero-order valence-corrected chi connectivity index (χ0v) is 16.3. The minimum atomic E-state index is -0.747. The van der Waals surface area contributed by atoms with Crippen LogP contribution in [0.25, 0.3) is 0 Å². The first-order valence-corrected chi connectivity index (χ1v) is 9.47. The van der Waals surface area contributed by atoms with E-state index in [-0.39, 0.29) is 24.1 Å². The highest BCUT2D eigenvalue weighted by Gasteiger charge is 2.35. The van der Waals surface area contributed by atoms with Gasteiger partial charge < -0.3 is 15.0 Å². The number of hydrogen-bond donors (Lipinski definition) is 1. The third-order valence-electron chi connectivity index (χ3n) is 3.25. The second-order valence-corrected chi connectivity index (χ2v) is 8.03. The van der Waals surface area contributed by atoms with Gasteiger partial charge in [0.25, 0.3) is 5.91 Å². The number of carbonyl (C=O) groups is 2. The molecule has 0 aliphatic heterocycles. The van der Waals surface area contributed by atoms with E-state index in [0.29, 0.717) is 6.61 Å². The molecule has 1 N–H and O–H groups in total. The molecule has 0 aromatic carbocycles. The molecule has 2 aromatic heterocycles. The Bertz CT molecular complexity index is 681. The highest BCUT2D eigenvalue weighted by atomic mass is 32.1. The number of amides is 2. The van der Waals surface area contributed by atoms with E-state index in [1.54, 1.807) is 12.5 Å². The van der Waals surface area contributed by atoms with Gasteiger partial charge in [0.1, 0.15) is 6.04 Å². The molecule has 0 spiro atoms. The van der Waals surface area contributed by atoms with E-state index in [0.717, 1.165) is 16.4 Å². The number of rotatable bonds is 7. The van der Waals surface area contributed by atoms with Gasteiger partial charge in [0.05, 0.1) is 6.61 Å². The fraction of sp³-hybridized carbons (Fsp3) is 0.500. The van der Waals surface area contributed by atoms with Crippen LogP contribution in [0, 0.1) is 0 Å². The predicted octanol–water partition coefficient (Wildman–Crippen LogP) is 2.34. The molecule has 0 radical (unpaired) electrons. The molecule has 1 atom stereocenters. The lowest BCUT2D eigenvalue weighted by Gasteiger charge is -2.32. The van der Waals surface area contributed by atoms with E-state index in [2.05, 4.69) is 14.9 Å². The zero-order chi connectivity index (χ0) is 18.4. The third-order valence-corrected chi connectivity index (χ3v) is 4.68. The summed E-state index contributed by atoms with van der Waals surface area (Å²) in [4.78, 5) is 28.2. The molecule has 2 heterocycles.